The van der Waals surface area contributed by atoms with E-state index in [1.54, 1.807) is 13.2 Å². The number of carbonyl (C=O) groups excluding carboxylic acids is 1. The summed E-state index contributed by atoms with van der Waals surface area (Å²) in [5.41, 5.74) is 5.03. The maximum absolute atomic E-state index is 12.1. The SMILES string of the molecule is Cc1ccc(CCC(=O)Nc2cn(C)c(=O)cc2C)c(C)c1. The maximum atomic E-state index is 12.1. The van der Waals surface area contributed by atoms with Crippen molar-refractivity contribution in [3.05, 3.63) is 63.1 Å². The number of aromatic nitrogens is 1. The Morgan fingerprint density at radius 1 is 1.14 bits per heavy atom. The molecule has 1 N–H and O–H groups in total. The molecule has 0 spiro atoms. The highest BCUT2D eigenvalue weighted by molar-refractivity contribution is 5.91. The summed E-state index contributed by atoms with van der Waals surface area (Å²) < 4.78 is 1.47. The normalized spacial score (nSPS) is 10.5. The van der Waals surface area contributed by atoms with Crippen molar-refractivity contribution < 1.29 is 4.79 Å². The average Bonchev–Trinajstić information content (AvgIpc) is 2.44. The molecular formula is C18H22N2O2. The number of anilines is 1. The van der Waals surface area contributed by atoms with E-state index >= 15 is 0 Å². The summed E-state index contributed by atoms with van der Waals surface area (Å²) in [7, 11) is 1.67. The molecule has 1 aromatic heterocycles. The Bertz CT molecular complexity index is 760. The monoisotopic (exact) mass is 298 g/mol. The van der Waals surface area contributed by atoms with Crippen molar-refractivity contribution in [2.45, 2.75) is 33.6 Å². The molecule has 1 heterocycles. The summed E-state index contributed by atoms with van der Waals surface area (Å²) >= 11 is 0. The molecule has 2 aromatic rings. The first kappa shape index (κ1) is 16.0. The molecule has 1 aromatic carbocycles. The minimum atomic E-state index is -0.0780. The molecule has 0 bridgehead atoms. The van der Waals surface area contributed by atoms with E-state index in [4.69, 9.17) is 0 Å². The van der Waals surface area contributed by atoms with Gasteiger partial charge in [-0.1, -0.05) is 23.8 Å². The number of nitrogens with zero attached hydrogens (tertiary/aromatic N) is 1. The molecule has 0 atom stereocenters. The van der Waals surface area contributed by atoms with Crippen LogP contribution in [0.2, 0.25) is 0 Å². The van der Waals surface area contributed by atoms with Crippen LogP contribution in [-0.4, -0.2) is 10.5 Å². The van der Waals surface area contributed by atoms with E-state index in [-0.39, 0.29) is 11.5 Å². The van der Waals surface area contributed by atoms with Gasteiger partial charge in [-0.15, -0.1) is 0 Å². The standard InChI is InChI=1S/C18H22N2O2/c1-12-5-6-15(13(2)9-12)7-8-17(21)19-16-11-20(4)18(22)10-14(16)3/h5-6,9-11H,7-8H2,1-4H3,(H,19,21). The van der Waals surface area contributed by atoms with Crippen molar-refractivity contribution >= 4 is 11.6 Å². The van der Waals surface area contributed by atoms with Crippen LogP contribution < -0.4 is 10.9 Å². The zero-order chi connectivity index (χ0) is 16.3. The van der Waals surface area contributed by atoms with Gasteiger partial charge in [-0.25, -0.2) is 0 Å². The number of hydrogen-bond donors (Lipinski definition) is 1. The van der Waals surface area contributed by atoms with Crippen molar-refractivity contribution in [1.82, 2.24) is 4.57 Å². The smallest absolute Gasteiger partial charge is 0.250 e. The molecule has 0 fully saturated rings. The Morgan fingerprint density at radius 3 is 2.55 bits per heavy atom. The van der Waals surface area contributed by atoms with E-state index in [2.05, 4.69) is 37.4 Å². The third kappa shape index (κ3) is 3.85. The molecule has 2 rings (SSSR count). The Hall–Kier alpha value is -2.36. The van der Waals surface area contributed by atoms with Crippen LogP contribution in [0.3, 0.4) is 0 Å². The van der Waals surface area contributed by atoms with E-state index in [1.807, 2.05) is 6.92 Å². The zero-order valence-electron chi connectivity index (χ0n) is 13.6. The second-order valence-corrected chi connectivity index (χ2v) is 5.80. The number of amides is 1. The molecule has 0 aliphatic heterocycles. The van der Waals surface area contributed by atoms with Gasteiger partial charge in [0.15, 0.2) is 0 Å². The van der Waals surface area contributed by atoms with Gasteiger partial charge in [0.05, 0.1) is 5.69 Å². The highest BCUT2D eigenvalue weighted by Gasteiger charge is 2.08. The lowest BCUT2D eigenvalue weighted by Gasteiger charge is -2.11. The van der Waals surface area contributed by atoms with Gasteiger partial charge in [0.25, 0.3) is 5.56 Å². The molecule has 1 amide bonds. The molecule has 4 heteroatoms. The maximum Gasteiger partial charge on any atom is 0.250 e. The summed E-state index contributed by atoms with van der Waals surface area (Å²) in [5, 5.41) is 2.88. The Labute approximate surface area is 130 Å². The van der Waals surface area contributed by atoms with E-state index in [0.29, 0.717) is 18.5 Å². The molecule has 0 unspecified atom stereocenters. The number of nitrogens with one attached hydrogen (secondary N) is 1. The van der Waals surface area contributed by atoms with Gasteiger partial charge >= 0.3 is 0 Å². The fourth-order valence-electron chi connectivity index (χ4n) is 2.44. The first-order chi connectivity index (χ1) is 10.4. The molecule has 0 saturated heterocycles. The molecule has 0 aliphatic carbocycles. The number of hydrogen-bond acceptors (Lipinski definition) is 2. The largest absolute Gasteiger partial charge is 0.325 e. The van der Waals surface area contributed by atoms with Crippen LogP contribution >= 0.6 is 0 Å². The van der Waals surface area contributed by atoms with Crippen LogP contribution in [-0.2, 0) is 18.3 Å². The van der Waals surface area contributed by atoms with Gasteiger partial charge in [-0.05, 0) is 43.9 Å². The molecule has 116 valence electrons. The second kappa shape index (κ2) is 6.60. The topological polar surface area (TPSA) is 51.1 Å². The first-order valence-corrected chi connectivity index (χ1v) is 7.40. The summed E-state index contributed by atoms with van der Waals surface area (Å²) in [5.74, 6) is -0.0401. The van der Waals surface area contributed by atoms with Gasteiger partial charge in [0, 0.05) is 25.7 Å². The Balaban J connectivity index is 2.02. The van der Waals surface area contributed by atoms with Gasteiger partial charge in [0.2, 0.25) is 5.91 Å². The summed E-state index contributed by atoms with van der Waals surface area (Å²) in [6.07, 6.45) is 2.79. The molecule has 0 aliphatic rings. The molecule has 0 saturated carbocycles. The van der Waals surface area contributed by atoms with Crippen molar-refractivity contribution in [3.63, 3.8) is 0 Å². The Kier molecular flexibility index (Phi) is 4.81. The summed E-state index contributed by atoms with van der Waals surface area (Å²) in [6.45, 7) is 5.95. The second-order valence-electron chi connectivity index (χ2n) is 5.80. The van der Waals surface area contributed by atoms with E-state index in [1.165, 1.54) is 27.3 Å². The third-order valence-electron chi connectivity index (χ3n) is 3.83. The van der Waals surface area contributed by atoms with Crippen molar-refractivity contribution in [2.75, 3.05) is 5.32 Å². The number of pyridine rings is 1. The van der Waals surface area contributed by atoms with Crippen LogP contribution in [0.1, 0.15) is 28.7 Å². The zero-order valence-corrected chi connectivity index (χ0v) is 13.6. The van der Waals surface area contributed by atoms with Crippen molar-refractivity contribution in [2.24, 2.45) is 7.05 Å². The van der Waals surface area contributed by atoms with Gasteiger partial charge < -0.3 is 9.88 Å². The average molecular weight is 298 g/mol. The lowest BCUT2D eigenvalue weighted by Crippen LogP contribution is -2.19. The quantitative estimate of drug-likeness (QED) is 0.943. The van der Waals surface area contributed by atoms with Gasteiger partial charge in [-0.2, -0.15) is 0 Å². The predicted molar refractivity (Wildman–Crippen MR) is 89.3 cm³/mol. The van der Waals surface area contributed by atoms with Crippen LogP contribution in [0, 0.1) is 20.8 Å². The summed E-state index contributed by atoms with van der Waals surface area (Å²) in [4.78, 5) is 23.6. The number of rotatable bonds is 4. The van der Waals surface area contributed by atoms with Gasteiger partial charge in [-0.3, -0.25) is 9.59 Å². The number of carbonyl (C=O) groups is 1. The fourth-order valence-corrected chi connectivity index (χ4v) is 2.44. The van der Waals surface area contributed by atoms with Gasteiger partial charge in [0.1, 0.15) is 0 Å². The van der Waals surface area contributed by atoms with Crippen LogP contribution in [0.4, 0.5) is 5.69 Å². The minimum Gasteiger partial charge on any atom is -0.325 e. The first-order valence-electron chi connectivity index (χ1n) is 7.40. The molecule has 4 nitrogen and oxygen atoms in total. The number of aryl methyl sites for hydroxylation is 5. The fraction of sp³-hybridized carbons (Fsp3) is 0.333. The molecule has 0 radical (unpaired) electrons. The summed E-state index contributed by atoms with van der Waals surface area (Å²) in [6, 6.07) is 7.80. The van der Waals surface area contributed by atoms with Crippen LogP contribution in [0.25, 0.3) is 0 Å². The predicted octanol–water partition coefficient (Wildman–Crippen LogP) is 2.88. The van der Waals surface area contributed by atoms with E-state index in [9.17, 15) is 9.59 Å². The highest BCUT2D eigenvalue weighted by atomic mass is 16.1. The van der Waals surface area contributed by atoms with Crippen LogP contribution in [0.5, 0.6) is 0 Å². The van der Waals surface area contributed by atoms with Crippen molar-refractivity contribution in [1.29, 1.82) is 0 Å². The highest BCUT2D eigenvalue weighted by Crippen LogP contribution is 2.14. The molecular weight excluding hydrogens is 276 g/mol. The van der Waals surface area contributed by atoms with E-state index < -0.39 is 0 Å². The van der Waals surface area contributed by atoms with Crippen molar-refractivity contribution in [3.8, 4) is 0 Å². The number of benzene rings is 1. The lowest BCUT2D eigenvalue weighted by molar-refractivity contribution is -0.116. The minimum absolute atomic E-state index is 0.0401. The van der Waals surface area contributed by atoms with Crippen LogP contribution in [0.15, 0.2) is 35.3 Å². The Morgan fingerprint density at radius 2 is 1.86 bits per heavy atom. The third-order valence-corrected chi connectivity index (χ3v) is 3.83. The molecule has 22 heavy (non-hydrogen) atoms. The van der Waals surface area contributed by atoms with E-state index in [0.717, 1.165) is 5.56 Å². The lowest BCUT2D eigenvalue weighted by atomic mass is 10.0.